The Balaban J connectivity index is 1.57. The second-order valence-electron chi connectivity index (χ2n) is 23.3. The molecule has 0 radical (unpaired) electrons. The van der Waals surface area contributed by atoms with Crippen LogP contribution in [0, 0.1) is 0 Å². The molecule has 1 heteroatoms. The molecule has 0 unspecified atom stereocenters. The number of hydrogen-bond acceptors (Lipinski definition) is 0. The van der Waals surface area contributed by atoms with Gasteiger partial charge in [-0.05, 0) is 111 Å². The minimum Gasteiger partial charge on any atom is -0.0699 e. The van der Waals surface area contributed by atoms with Gasteiger partial charge in [0, 0.05) is 0 Å². The molecular formula is C54H72Si. The van der Waals surface area contributed by atoms with Crippen LogP contribution in [0.15, 0.2) is 83.2 Å². The fourth-order valence-corrected chi connectivity index (χ4v) is 18.4. The van der Waals surface area contributed by atoms with Gasteiger partial charge in [-0.3, -0.25) is 0 Å². The molecule has 2 aliphatic carbocycles. The van der Waals surface area contributed by atoms with Gasteiger partial charge in [0.1, 0.15) is 8.07 Å². The van der Waals surface area contributed by atoms with E-state index in [-0.39, 0.29) is 31.7 Å². The minimum atomic E-state index is -2.42. The quantitative estimate of drug-likeness (QED) is 0.182. The van der Waals surface area contributed by atoms with E-state index < -0.39 is 8.07 Å². The number of rotatable bonds is 4. The first-order valence-electron chi connectivity index (χ1n) is 21.0. The molecule has 0 amide bonds. The van der Waals surface area contributed by atoms with Crippen LogP contribution in [0.4, 0.5) is 0 Å². The molecule has 55 heavy (non-hydrogen) atoms. The van der Waals surface area contributed by atoms with Crippen LogP contribution in [0.1, 0.15) is 169 Å². The van der Waals surface area contributed by atoms with Crippen molar-refractivity contribution in [2.45, 2.75) is 169 Å². The second kappa shape index (κ2) is 13.3. The van der Waals surface area contributed by atoms with Crippen LogP contribution in [0.3, 0.4) is 0 Å². The zero-order valence-electron chi connectivity index (χ0n) is 38.0. The Morgan fingerprint density at radius 3 is 0.927 bits per heavy atom. The first-order valence-corrected chi connectivity index (χ1v) is 23.0. The molecule has 6 rings (SSSR count). The summed E-state index contributed by atoms with van der Waals surface area (Å²) in [5.74, 6) is 0. The summed E-state index contributed by atoms with van der Waals surface area (Å²) in [5.41, 5.74) is 17.3. The minimum absolute atomic E-state index is 0.0701. The highest BCUT2D eigenvalue weighted by molar-refractivity contribution is 6.98. The zero-order valence-corrected chi connectivity index (χ0v) is 39.0. The van der Waals surface area contributed by atoms with Crippen molar-refractivity contribution in [2.75, 3.05) is 0 Å². The predicted octanol–water partition coefficient (Wildman–Crippen LogP) is 15.9. The van der Waals surface area contributed by atoms with E-state index in [1.807, 2.05) is 0 Å². The molecule has 2 aliphatic rings. The Morgan fingerprint density at radius 2 is 0.673 bits per heavy atom. The van der Waals surface area contributed by atoms with E-state index >= 15 is 0 Å². The summed E-state index contributed by atoms with van der Waals surface area (Å²) in [6, 6.07) is 29.1. The van der Waals surface area contributed by atoms with Crippen molar-refractivity contribution in [2.24, 2.45) is 0 Å². The lowest BCUT2D eigenvalue weighted by molar-refractivity contribution is 0.568. The Bertz CT molecular complexity index is 1970. The summed E-state index contributed by atoms with van der Waals surface area (Å²) in [5, 5.41) is 3.60. The van der Waals surface area contributed by atoms with Crippen LogP contribution >= 0.6 is 0 Å². The average Bonchev–Trinajstić information content (AvgIpc) is 3.66. The standard InChI is InChI=1S/C54H72Si/c1-49(2,3)39-25-37(26-40(31-39)50(4,5)6)45-23-19-21-35-29-43(33-47(35)45)55(53(13,14)15,54(16,17)18)44-30-36-22-20-24-46(48(36)34-44)38-27-41(51(7,8)9)32-42(28-38)52(10,11)12/h19-28,31-34H,29-30H2,1-18H3. The van der Waals surface area contributed by atoms with Crippen LogP contribution in [0.25, 0.3) is 34.4 Å². The lowest BCUT2D eigenvalue weighted by Gasteiger charge is -2.54. The van der Waals surface area contributed by atoms with Crippen LogP contribution in [0.5, 0.6) is 0 Å². The first kappa shape index (κ1) is 41.2. The molecule has 0 aliphatic heterocycles. The van der Waals surface area contributed by atoms with Crippen molar-refractivity contribution >= 4 is 20.2 Å². The maximum Gasteiger partial charge on any atom is 0.120 e. The van der Waals surface area contributed by atoms with Crippen molar-refractivity contribution < 1.29 is 0 Å². The summed E-state index contributed by atoms with van der Waals surface area (Å²) < 4.78 is 0. The van der Waals surface area contributed by atoms with Crippen molar-refractivity contribution in [3.8, 4) is 22.3 Å². The van der Waals surface area contributed by atoms with Crippen LogP contribution in [-0.2, 0) is 34.5 Å². The van der Waals surface area contributed by atoms with Gasteiger partial charge < -0.3 is 0 Å². The van der Waals surface area contributed by atoms with Gasteiger partial charge in [0.05, 0.1) is 0 Å². The fraction of sp³-hybridized carbons (Fsp3) is 0.481. The smallest absolute Gasteiger partial charge is 0.0699 e. The first-order chi connectivity index (χ1) is 25.0. The molecule has 0 nitrogen and oxygen atoms in total. The topological polar surface area (TPSA) is 0 Å². The Kier molecular flexibility index (Phi) is 9.99. The van der Waals surface area contributed by atoms with Crippen molar-refractivity contribution in [1.29, 1.82) is 0 Å². The molecular weight excluding hydrogens is 677 g/mol. The number of benzene rings is 4. The highest BCUT2D eigenvalue weighted by Crippen LogP contribution is 2.62. The largest absolute Gasteiger partial charge is 0.120 e. The summed E-state index contributed by atoms with van der Waals surface area (Å²) >= 11 is 0. The lowest BCUT2D eigenvalue weighted by Crippen LogP contribution is -2.56. The maximum atomic E-state index is 2.70. The van der Waals surface area contributed by atoms with Crippen molar-refractivity contribution in [3.05, 3.63) is 128 Å². The third-order valence-corrected chi connectivity index (χ3v) is 20.0. The molecule has 292 valence electrons. The molecule has 0 spiro atoms. The zero-order chi connectivity index (χ0) is 40.9. The highest BCUT2D eigenvalue weighted by atomic mass is 28.3. The summed E-state index contributed by atoms with van der Waals surface area (Å²) in [6.07, 6.45) is 7.47. The molecule has 0 aromatic heterocycles. The van der Waals surface area contributed by atoms with Gasteiger partial charge in [-0.15, -0.1) is 0 Å². The highest BCUT2D eigenvalue weighted by Gasteiger charge is 2.58. The van der Waals surface area contributed by atoms with E-state index in [0.717, 1.165) is 12.8 Å². The van der Waals surface area contributed by atoms with E-state index in [4.69, 9.17) is 0 Å². The molecule has 0 saturated carbocycles. The normalized spacial score (nSPS) is 15.5. The average molecular weight is 749 g/mol. The third-order valence-electron chi connectivity index (χ3n) is 13.0. The molecule has 0 heterocycles. The van der Waals surface area contributed by atoms with E-state index in [1.165, 1.54) is 66.8 Å². The van der Waals surface area contributed by atoms with Crippen LogP contribution in [0.2, 0.25) is 10.1 Å². The Labute approximate surface area is 338 Å². The molecule has 0 saturated heterocycles. The molecule has 0 N–H and O–H groups in total. The molecule has 0 fully saturated rings. The lowest BCUT2D eigenvalue weighted by atomic mass is 9.78. The van der Waals surface area contributed by atoms with Gasteiger partial charge in [0.2, 0.25) is 0 Å². The molecule has 4 aromatic rings. The van der Waals surface area contributed by atoms with Gasteiger partial charge in [-0.2, -0.15) is 0 Å². The SMILES string of the molecule is CC(C)(C)c1cc(-c2cccc3c2C=C([Si](C2=Cc4c(cccc4-c4cc(C(C)(C)C)cc(C(C)(C)C)c4)C2)(C(C)(C)C)C(C)(C)C)C3)cc(C(C)(C)C)c1. The van der Waals surface area contributed by atoms with Crippen LogP contribution in [-0.4, -0.2) is 8.07 Å². The Morgan fingerprint density at radius 1 is 0.382 bits per heavy atom. The molecule has 0 atom stereocenters. The number of fused-ring (bicyclic) bond motifs is 2. The Hall–Kier alpha value is -3.42. The number of hydrogen-bond donors (Lipinski definition) is 0. The summed E-state index contributed by atoms with van der Waals surface area (Å²) in [7, 11) is -2.42. The molecule has 4 aromatic carbocycles. The van der Waals surface area contributed by atoms with Gasteiger partial charge >= 0.3 is 0 Å². The monoisotopic (exact) mass is 749 g/mol. The van der Waals surface area contributed by atoms with Gasteiger partial charge in [0.15, 0.2) is 0 Å². The van der Waals surface area contributed by atoms with Gasteiger partial charge in [-0.25, -0.2) is 0 Å². The number of allylic oxidation sites excluding steroid dienone is 2. The predicted molar refractivity (Wildman–Crippen MR) is 247 cm³/mol. The van der Waals surface area contributed by atoms with Crippen molar-refractivity contribution in [1.82, 2.24) is 0 Å². The molecule has 0 bridgehead atoms. The van der Waals surface area contributed by atoms with Crippen LogP contribution < -0.4 is 0 Å². The fourth-order valence-electron chi connectivity index (χ4n) is 10.3. The van der Waals surface area contributed by atoms with Crippen molar-refractivity contribution in [3.63, 3.8) is 0 Å². The van der Waals surface area contributed by atoms with E-state index in [1.54, 1.807) is 10.4 Å². The summed E-state index contributed by atoms with van der Waals surface area (Å²) in [6.45, 7) is 43.6. The van der Waals surface area contributed by atoms with Gasteiger partial charge in [0.25, 0.3) is 0 Å². The maximum absolute atomic E-state index is 2.70. The summed E-state index contributed by atoms with van der Waals surface area (Å²) in [4.78, 5) is 0. The van der Waals surface area contributed by atoms with E-state index in [0.29, 0.717) is 0 Å². The van der Waals surface area contributed by atoms with Gasteiger partial charge in [-0.1, -0.05) is 220 Å². The van der Waals surface area contributed by atoms with E-state index in [2.05, 4.69) is 210 Å². The third kappa shape index (κ3) is 7.45. The van der Waals surface area contributed by atoms with E-state index in [9.17, 15) is 0 Å². The second-order valence-corrected chi connectivity index (χ2v) is 29.1.